The first-order valence-electron chi connectivity index (χ1n) is 7.27. The molecule has 0 fully saturated rings. The summed E-state index contributed by atoms with van der Waals surface area (Å²) < 4.78 is 132. The number of nitro groups is 2. The lowest BCUT2D eigenvalue weighted by Gasteiger charge is -2.31. The standard InChI is InChI=1S/C12H3F10N5O4S/c13-5(10(14,15)16)6-9(11(17,18)19,12(20,21)22)25-8(32-6)24-7-4(27(30)31)1-3(2-23-7)26(28)29/h1-2H,(H,23,24,25)/b6-5+. The summed E-state index contributed by atoms with van der Waals surface area (Å²) in [5.41, 5.74) is -8.05. The lowest BCUT2D eigenvalue weighted by molar-refractivity contribution is -0.394. The molecular weight excluding hydrogens is 500 g/mol. The van der Waals surface area contributed by atoms with Crippen LogP contribution in [-0.4, -0.2) is 44.1 Å². The highest BCUT2D eigenvalue weighted by Crippen LogP contribution is 2.59. The molecule has 1 N–H and O–H groups in total. The lowest BCUT2D eigenvalue weighted by atomic mass is 9.97. The number of aliphatic imine (C=N–C) groups is 1. The smallest absolute Gasteiger partial charge is 0.314 e. The number of hydrogen-bond donors (Lipinski definition) is 1. The van der Waals surface area contributed by atoms with Crippen molar-refractivity contribution in [3.63, 3.8) is 0 Å². The third kappa shape index (κ3) is 4.25. The van der Waals surface area contributed by atoms with Crippen molar-refractivity contribution >= 4 is 34.1 Å². The van der Waals surface area contributed by atoms with Crippen molar-refractivity contribution in [2.45, 2.75) is 24.1 Å². The molecule has 0 saturated heterocycles. The molecule has 0 saturated carbocycles. The van der Waals surface area contributed by atoms with Gasteiger partial charge in [0.05, 0.1) is 20.8 Å². The van der Waals surface area contributed by atoms with Crippen molar-refractivity contribution in [3.05, 3.63) is 43.2 Å². The molecule has 0 atom stereocenters. The molecule has 1 aliphatic heterocycles. The number of aromatic nitrogens is 1. The van der Waals surface area contributed by atoms with E-state index in [4.69, 9.17) is 0 Å². The van der Waals surface area contributed by atoms with Gasteiger partial charge in [0.1, 0.15) is 6.20 Å². The number of allylic oxidation sites excluding steroid dienone is 1. The van der Waals surface area contributed by atoms with E-state index >= 15 is 0 Å². The van der Waals surface area contributed by atoms with Crippen LogP contribution in [0.3, 0.4) is 0 Å². The Kier molecular flexibility index (Phi) is 6.07. The molecule has 0 aromatic carbocycles. The van der Waals surface area contributed by atoms with Crippen LogP contribution in [0.5, 0.6) is 0 Å². The Bertz CT molecular complexity index is 1020. The Morgan fingerprint density at radius 2 is 1.53 bits per heavy atom. The Labute approximate surface area is 171 Å². The predicted molar refractivity (Wildman–Crippen MR) is 85.2 cm³/mol. The van der Waals surface area contributed by atoms with Gasteiger partial charge in [-0.2, -0.15) is 39.5 Å². The average Bonchev–Trinajstić information content (AvgIpc) is 3.00. The third-order valence-corrected chi connectivity index (χ3v) is 4.62. The van der Waals surface area contributed by atoms with E-state index in [2.05, 4.69) is 9.98 Å². The molecule has 0 amide bonds. The van der Waals surface area contributed by atoms with Crippen LogP contribution >= 0.6 is 11.8 Å². The quantitative estimate of drug-likeness (QED) is 0.349. The summed E-state index contributed by atoms with van der Waals surface area (Å²) in [6.45, 7) is 0. The second kappa shape index (κ2) is 7.74. The maximum Gasteiger partial charge on any atom is 0.443 e. The van der Waals surface area contributed by atoms with Gasteiger partial charge < -0.3 is 5.32 Å². The number of rotatable bonds is 3. The highest BCUT2D eigenvalue weighted by molar-refractivity contribution is 8.17. The molecule has 0 unspecified atom stereocenters. The highest BCUT2D eigenvalue weighted by atomic mass is 32.2. The number of hydrogen-bond acceptors (Lipinski definition) is 8. The minimum absolute atomic E-state index is 0.212. The number of alkyl halides is 9. The minimum atomic E-state index is -6.63. The van der Waals surface area contributed by atoms with Crippen molar-refractivity contribution < 1.29 is 53.8 Å². The largest absolute Gasteiger partial charge is 0.443 e. The van der Waals surface area contributed by atoms with E-state index in [1.165, 1.54) is 5.32 Å². The van der Waals surface area contributed by atoms with Crippen LogP contribution in [0.2, 0.25) is 0 Å². The zero-order chi connectivity index (χ0) is 24.9. The summed E-state index contributed by atoms with van der Waals surface area (Å²) in [5, 5.41) is 21.4. The second-order valence-electron chi connectivity index (χ2n) is 5.57. The molecule has 9 nitrogen and oxygen atoms in total. The number of halogens is 10. The van der Waals surface area contributed by atoms with Gasteiger partial charge >= 0.3 is 24.2 Å². The molecule has 20 heteroatoms. The summed E-state index contributed by atoms with van der Waals surface area (Å²) in [4.78, 5) is 21.4. The van der Waals surface area contributed by atoms with Crippen molar-refractivity contribution in [3.8, 4) is 0 Å². The molecular formula is C12H3F10N5O4S. The van der Waals surface area contributed by atoms with Gasteiger partial charge in [-0.3, -0.25) is 20.2 Å². The van der Waals surface area contributed by atoms with Gasteiger partial charge in [-0.05, 0) is 0 Å². The minimum Gasteiger partial charge on any atom is -0.314 e. The van der Waals surface area contributed by atoms with Crippen molar-refractivity contribution in [2.75, 3.05) is 5.32 Å². The molecule has 1 aromatic rings. The number of anilines is 1. The maximum atomic E-state index is 13.7. The summed E-state index contributed by atoms with van der Waals surface area (Å²) in [6, 6.07) is 0.212. The molecule has 0 bridgehead atoms. The zero-order valence-corrected chi connectivity index (χ0v) is 15.1. The van der Waals surface area contributed by atoms with Gasteiger partial charge in [-0.15, -0.1) is 0 Å². The van der Waals surface area contributed by atoms with Gasteiger partial charge in [0.2, 0.25) is 11.6 Å². The van der Waals surface area contributed by atoms with E-state index in [-0.39, 0.29) is 6.07 Å². The van der Waals surface area contributed by atoms with E-state index in [0.29, 0.717) is 6.20 Å². The second-order valence-corrected chi connectivity index (χ2v) is 6.57. The topological polar surface area (TPSA) is 124 Å². The van der Waals surface area contributed by atoms with Crippen LogP contribution in [0.15, 0.2) is 28.0 Å². The molecule has 0 aliphatic carbocycles. The molecule has 2 rings (SSSR count). The molecule has 1 aliphatic rings. The van der Waals surface area contributed by atoms with E-state index < -0.39 is 78.8 Å². The summed E-state index contributed by atoms with van der Waals surface area (Å²) in [6.07, 6.45) is -19.2. The van der Waals surface area contributed by atoms with Crippen LogP contribution in [0.4, 0.5) is 61.1 Å². The third-order valence-electron chi connectivity index (χ3n) is 3.55. The van der Waals surface area contributed by atoms with Gasteiger partial charge in [-0.25, -0.2) is 14.4 Å². The summed E-state index contributed by atoms with van der Waals surface area (Å²) in [7, 11) is 0. The van der Waals surface area contributed by atoms with Crippen molar-refractivity contribution in [2.24, 2.45) is 4.99 Å². The van der Waals surface area contributed by atoms with Gasteiger partial charge in [0.15, 0.2) is 5.17 Å². The number of amidine groups is 1. The zero-order valence-electron chi connectivity index (χ0n) is 14.3. The first-order valence-corrected chi connectivity index (χ1v) is 8.09. The normalized spacial score (nSPS) is 18.2. The van der Waals surface area contributed by atoms with E-state index in [9.17, 15) is 64.1 Å². The molecule has 32 heavy (non-hydrogen) atoms. The molecule has 1 aromatic heterocycles. The number of nitrogens with zero attached hydrogens (tertiary/aromatic N) is 4. The van der Waals surface area contributed by atoms with Crippen LogP contribution < -0.4 is 5.32 Å². The van der Waals surface area contributed by atoms with Gasteiger partial charge in [-0.1, -0.05) is 11.8 Å². The van der Waals surface area contributed by atoms with Gasteiger partial charge in [0.25, 0.3) is 11.2 Å². The van der Waals surface area contributed by atoms with Crippen molar-refractivity contribution in [1.82, 2.24) is 4.98 Å². The molecule has 0 spiro atoms. The predicted octanol–water partition coefficient (Wildman–Crippen LogP) is 5.02. The number of nitrogens with one attached hydrogen (secondary N) is 1. The maximum absolute atomic E-state index is 13.7. The van der Waals surface area contributed by atoms with E-state index in [1.54, 1.807) is 0 Å². The van der Waals surface area contributed by atoms with Crippen LogP contribution in [-0.2, 0) is 0 Å². The highest BCUT2D eigenvalue weighted by Gasteiger charge is 2.77. The summed E-state index contributed by atoms with van der Waals surface area (Å²) in [5.74, 6) is -4.96. The monoisotopic (exact) mass is 503 g/mol. The van der Waals surface area contributed by atoms with Crippen LogP contribution in [0.25, 0.3) is 0 Å². The fourth-order valence-electron chi connectivity index (χ4n) is 2.21. The Balaban J connectivity index is 2.73. The average molecular weight is 503 g/mol. The van der Waals surface area contributed by atoms with Crippen molar-refractivity contribution in [1.29, 1.82) is 0 Å². The fourth-order valence-corrected chi connectivity index (χ4v) is 3.36. The molecule has 0 radical (unpaired) electrons. The first kappa shape index (κ1) is 25.1. The Hall–Kier alpha value is -3.19. The fraction of sp³-hybridized carbons (Fsp3) is 0.333. The summed E-state index contributed by atoms with van der Waals surface area (Å²) >= 11 is -1.08. The Morgan fingerprint density at radius 1 is 1.00 bits per heavy atom. The molecule has 176 valence electrons. The van der Waals surface area contributed by atoms with E-state index in [0.717, 1.165) is 0 Å². The lowest BCUT2D eigenvalue weighted by Crippen LogP contribution is -2.55. The first-order chi connectivity index (χ1) is 14.3. The SMILES string of the molecule is O=[N+]([O-])c1cnc(NC2=NC(C(F)(F)F)(C(F)(F)F)/C(=C(\F)C(F)(F)F)S2)c([N+](=O)[O-])c1. The Morgan fingerprint density at radius 3 is 1.94 bits per heavy atom. The van der Waals surface area contributed by atoms with Crippen LogP contribution in [0.1, 0.15) is 0 Å². The van der Waals surface area contributed by atoms with E-state index in [1.807, 2.05) is 0 Å². The number of pyridine rings is 1. The molecule has 2 heterocycles. The van der Waals surface area contributed by atoms with Crippen LogP contribution in [0, 0.1) is 20.2 Å². The van der Waals surface area contributed by atoms with Gasteiger partial charge in [0, 0.05) is 0 Å². The number of thioether (sulfide) groups is 1.